The van der Waals surface area contributed by atoms with Gasteiger partial charge in [0.2, 0.25) is 0 Å². The van der Waals surface area contributed by atoms with Crippen LogP contribution in [0, 0.1) is 17.9 Å². The quantitative estimate of drug-likeness (QED) is 0.0624. The predicted octanol–water partition coefficient (Wildman–Crippen LogP) is 9.50. The molecule has 1 aliphatic carbocycles. The third kappa shape index (κ3) is 4.37. The Labute approximate surface area is 271 Å². The number of rotatable bonds is 4. The van der Waals surface area contributed by atoms with E-state index < -0.39 is 0 Å². The van der Waals surface area contributed by atoms with Gasteiger partial charge in [-0.25, -0.2) is 0 Å². The molecule has 0 N–H and O–H groups in total. The standard InChI is InChI=1S/C40H22N4OSe/c1-42-34(24-41)37-33(40(45)39-32-15-7-5-13-30(32)29-12-4-6-14-31(29)38(37)39)23-28-19-20-36(46-28)44(35-16-8-9-21-43-35)27-18-17-25-10-2-3-11-26(25)22-27/h2-23H/b33-23+,37-34+. The zero-order chi connectivity index (χ0) is 31.2. The summed E-state index contributed by atoms with van der Waals surface area (Å²) in [5, 5.41) is 16.1. The maximum atomic E-state index is 14.4. The predicted molar refractivity (Wildman–Crippen MR) is 186 cm³/mol. The van der Waals surface area contributed by atoms with Crippen LogP contribution in [0.5, 0.6) is 0 Å². The number of Topliss-reactive ketones (excluding diaryl/α,β-unsaturated/α-hetero) is 1. The summed E-state index contributed by atoms with van der Waals surface area (Å²) < 4.78 is 2.03. The number of allylic oxidation sites excluding steroid dienone is 3. The van der Waals surface area contributed by atoms with Crippen molar-refractivity contribution in [2.24, 2.45) is 0 Å². The Morgan fingerprint density at radius 2 is 1.46 bits per heavy atom. The second kappa shape index (κ2) is 11.1. The Morgan fingerprint density at radius 1 is 0.783 bits per heavy atom. The summed E-state index contributed by atoms with van der Waals surface area (Å²) in [6, 6.07) is 42.5. The summed E-state index contributed by atoms with van der Waals surface area (Å²) in [5.74, 6) is 0.639. The fourth-order valence-corrected chi connectivity index (χ4v) is 8.45. The molecule has 2 aromatic heterocycles. The van der Waals surface area contributed by atoms with Crippen LogP contribution >= 0.6 is 0 Å². The number of fused-ring (bicyclic) bond motifs is 7. The van der Waals surface area contributed by atoms with Gasteiger partial charge in [-0.2, -0.15) is 0 Å². The van der Waals surface area contributed by atoms with E-state index in [-0.39, 0.29) is 26.0 Å². The monoisotopic (exact) mass is 654 g/mol. The molecular formula is C40H22N4OSe. The van der Waals surface area contributed by atoms with Crippen LogP contribution in [0.2, 0.25) is 0 Å². The van der Waals surface area contributed by atoms with Crippen molar-refractivity contribution in [1.82, 2.24) is 4.98 Å². The molecule has 0 amide bonds. The van der Waals surface area contributed by atoms with Gasteiger partial charge in [-0.1, -0.05) is 0 Å². The van der Waals surface area contributed by atoms with E-state index in [2.05, 4.69) is 57.2 Å². The minimum atomic E-state index is -0.203. The first-order valence-electron chi connectivity index (χ1n) is 14.7. The summed E-state index contributed by atoms with van der Waals surface area (Å²) in [4.78, 5) is 24.9. The second-order valence-corrected chi connectivity index (χ2v) is 13.2. The van der Waals surface area contributed by atoms with Gasteiger partial charge in [0.15, 0.2) is 0 Å². The molecule has 0 unspecified atom stereocenters. The first-order valence-corrected chi connectivity index (χ1v) is 16.4. The van der Waals surface area contributed by atoms with Gasteiger partial charge in [0, 0.05) is 0 Å². The molecule has 8 rings (SSSR count). The van der Waals surface area contributed by atoms with Gasteiger partial charge >= 0.3 is 272 Å². The molecule has 1 aliphatic rings. The van der Waals surface area contributed by atoms with E-state index in [0.717, 1.165) is 52.8 Å². The molecule has 0 saturated heterocycles. The Bertz CT molecular complexity index is 2510. The maximum absolute atomic E-state index is 14.4. The fraction of sp³-hybridized carbons (Fsp3) is 0. The van der Waals surface area contributed by atoms with E-state index in [1.165, 1.54) is 0 Å². The molecule has 0 atom stereocenters. The molecule has 5 aromatic carbocycles. The summed E-state index contributed by atoms with van der Waals surface area (Å²) in [5.41, 5.74) is 2.95. The van der Waals surface area contributed by atoms with Crippen LogP contribution in [-0.2, 0) is 0 Å². The molecule has 0 bridgehead atoms. The van der Waals surface area contributed by atoms with Crippen molar-refractivity contribution in [3.63, 3.8) is 0 Å². The van der Waals surface area contributed by atoms with E-state index in [1.807, 2.05) is 91.0 Å². The van der Waals surface area contributed by atoms with E-state index in [9.17, 15) is 10.1 Å². The van der Waals surface area contributed by atoms with Crippen LogP contribution in [0.25, 0.3) is 48.8 Å². The Morgan fingerprint density at radius 3 is 2.15 bits per heavy atom. The van der Waals surface area contributed by atoms with Gasteiger partial charge in [-0.3, -0.25) is 0 Å². The van der Waals surface area contributed by atoms with Crippen LogP contribution < -0.4 is 4.90 Å². The summed E-state index contributed by atoms with van der Waals surface area (Å²) in [6.45, 7) is 7.89. The number of carbonyl (C=O) groups excluding carboxylic acids is 1. The third-order valence-electron chi connectivity index (χ3n) is 8.37. The van der Waals surface area contributed by atoms with E-state index in [0.29, 0.717) is 22.3 Å². The molecule has 7 aromatic rings. The van der Waals surface area contributed by atoms with Gasteiger partial charge in [-0.15, -0.1) is 0 Å². The fourth-order valence-electron chi connectivity index (χ4n) is 6.40. The summed E-state index contributed by atoms with van der Waals surface area (Å²) in [7, 11) is 0. The van der Waals surface area contributed by atoms with Gasteiger partial charge in [0.1, 0.15) is 0 Å². The molecule has 5 nitrogen and oxygen atoms in total. The van der Waals surface area contributed by atoms with E-state index >= 15 is 0 Å². The SMILES string of the molecule is [C-]#[N+]/C(C#N)=C1\C(=C/c2ccc(N(c3ccc4ccccc4c3)c3ccccn3)[se]2)C(=O)c2c1c1ccccc1c1ccccc21. The molecule has 0 saturated carbocycles. The van der Waals surface area contributed by atoms with Crippen LogP contribution in [0.15, 0.2) is 139 Å². The topological polar surface area (TPSA) is 61.4 Å². The molecule has 0 spiro atoms. The van der Waals surface area contributed by atoms with E-state index in [1.54, 1.807) is 6.20 Å². The van der Waals surface area contributed by atoms with Crippen molar-refractivity contribution in [3.8, 4) is 6.07 Å². The number of benzene rings is 5. The number of aromatic nitrogens is 1. The molecule has 0 fully saturated rings. The Kier molecular flexibility index (Phi) is 6.67. The van der Waals surface area contributed by atoms with Crippen LogP contribution in [0.3, 0.4) is 0 Å². The first kappa shape index (κ1) is 27.5. The van der Waals surface area contributed by atoms with Crippen molar-refractivity contribution in [1.29, 1.82) is 5.26 Å². The first-order chi connectivity index (χ1) is 22.7. The molecule has 46 heavy (non-hydrogen) atoms. The Hall–Kier alpha value is -6.04. The molecule has 0 radical (unpaired) electrons. The molecular weight excluding hydrogens is 631 g/mol. The van der Waals surface area contributed by atoms with Gasteiger partial charge in [0.05, 0.1) is 0 Å². The minimum absolute atomic E-state index is 0.0793. The number of hydrogen-bond acceptors (Lipinski definition) is 4. The normalized spacial score (nSPS) is 14.4. The number of carbonyl (C=O) groups is 1. The van der Waals surface area contributed by atoms with Gasteiger partial charge in [0.25, 0.3) is 0 Å². The number of nitrogens with zero attached hydrogens (tertiary/aromatic N) is 4. The molecule has 2 heterocycles. The average Bonchev–Trinajstić information content (AvgIpc) is 3.68. The van der Waals surface area contributed by atoms with Crippen LogP contribution in [-0.4, -0.2) is 25.3 Å². The van der Waals surface area contributed by atoms with Crippen molar-refractivity contribution in [3.05, 3.63) is 166 Å². The van der Waals surface area contributed by atoms with Crippen molar-refractivity contribution < 1.29 is 4.79 Å². The van der Waals surface area contributed by atoms with Crippen molar-refractivity contribution in [2.45, 2.75) is 0 Å². The molecule has 214 valence electrons. The molecule has 0 aliphatic heterocycles. The van der Waals surface area contributed by atoms with Crippen molar-refractivity contribution in [2.75, 3.05) is 4.90 Å². The third-order valence-corrected chi connectivity index (χ3v) is 10.5. The average molecular weight is 654 g/mol. The van der Waals surface area contributed by atoms with Gasteiger partial charge in [-0.05, 0) is 0 Å². The zero-order valence-corrected chi connectivity index (χ0v) is 26.0. The Balaban J connectivity index is 1.32. The number of pyridine rings is 1. The second-order valence-electron chi connectivity index (χ2n) is 10.9. The van der Waals surface area contributed by atoms with Crippen LogP contribution in [0.4, 0.5) is 16.1 Å². The summed E-state index contributed by atoms with van der Waals surface area (Å²) >= 11 is -0.203. The van der Waals surface area contributed by atoms with Gasteiger partial charge < -0.3 is 0 Å². The summed E-state index contributed by atoms with van der Waals surface area (Å²) in [6.07, 6.45) is 3.68. The number of anilines is 3. The molecule has 6 heteroatoms. The van der Waals surface area contributed by atoms with E-state index in [4.69, 9.17) is 6.57 Å². The number of ketones is 1. The van der Waals surface area contributed by atoms with Crippen LogP contribution in [0.1, 0.15) is 20.4 Å². The zero-order valence-electron chi connectivity index (χ0n) is 24.3. The van der Waals surface area contributed by atoms with Crippen molar-refractivity contribution >= 4 is 80.3 Å². The number of hydrogen-bond donors (Lipinski definition) is 0. The number of nitriles is 1.